The van der Waals surface area contributed by atoms with Crippen LogP contribution in [-0.4, -0.2) is 42.1 Å². The summed E-state index contributed by atoms with van der Waals surface area (Å²) >= 11 is 0. The highest BCUT2D eigenvalue weighted by atomic mass is 19.4. The molecule has 0 spiro atoms. The summed E-state index contributed by atoms with van der Waals surface area (Å²) in [6.45, 7) is -1.09. The zero-order valence-electron chi connectivity index (χ0n) is 15.7. The first-order valence-corrected chi connectivity index (χ1v) is 9.37. The Morgan fingerprint density at radius 1 is 1.03 bits per heavy atom. The van der Waals surface area contributed by atoms with Crippen molar-refractivity contribution in [2.24, 2.45) is 0 Å². The maximum atomic E-state index is 12.7. The monoisotopic (exact) mass is 405 g/mol. The number of hydrogen-bond acceptors (Lipinski definition) is 2. The lowest BCUT2D eigenvalue weighted by Gasteiger charge is -2.25. The molecule has 0 aliphatic carbocycles. The van der Waals surface area contributed by atoms with Crippen molar-refractivity contribution in [1.82, 2.24) is 10.2 Å². The summed E-state index contributed by atoms with van der Waals surface area (Å²) in [7, 11) is 0. The summed E-state index contributed by atoms with van der Waals surface area (Å²) in [5, 5.41) is 4.69. The highest BCUT2D eigenvalue weighted by Crippen LogP contribution is 2.23. The minimum absolute atomic E-state index is 0.316. The first-order valence-electron chi connectivity index (χ1n) is 9.37. The Labute approximate surface area is 166 Å². The molecule has 2 aromatic rings. The van der Waals surface area contributed by atoms with Gasteiger partial charge >= 0.3 is 12.2 Å². The van der Waals surface area contributed by atoms with Crippen molar-refractivity contribution in [2.75, 3.05) is 18.4 Å². The lowest BCUT2D eigenvalue weighted by Crippen LogP contribution is -2.49. The van der Waals surface area contributed by atoms with E-state index in [1.165, 1.54) is 4.90 Å². The van der Waals surface area contributed by atoms with E-state index in [1.807, 2.05) is 47.8 Å². The first kappa shape index (κ1) is 20.7. The number of amides is 3. The Balaban J connectivity index is 1.67. The molecule has 0 radical (unpaired) electrons. The van der Waals surface area contributed by atoms with Crippen LogP contribution in [0.5, 0.6) is 0 Å². The van der Waals surface area contributed by atoms with E-state index in [0.29, 0.717) is 31.5 Å². The number of urea groups is 1. The van der Waals surface area contributed by atoms with E-state index in [4.69, 9.17) is 0 Å². The number of anilines is 1. The molecule has 8 heteroatoms. The van der Waals surface area contributed by atoms with Crippen molar-refractivity contribution < 1.29 is 22.8 Å². The number of hydrogen-bond donors (Lipinski definition) is 2. The standard InChI is InChI=1S/C21H22F3N3O2/c22-21(23,24)14-25-19(28)18-11-6-12-27(18)20(29)26-17-10-5-4-9-16(17)13-15-7-2-1-3-8-15/h1-5,7-10,18H,6,11-14H2,(H,25,28)(H,26,29). The zero-order valence-corrected chi connectivity index (χ0v) is 15.7. The van der Waals surface area contributed by atoms with E-state index in [0.717, 1.165) is 11.1 Å². The lowest BCUT2D eigenvalue weighted by molar-refractivity contribution is -0.140. The quantitative estimate of drug-likeness (QED) is 0.791. The fraction of sp³-hybridized carbons (Fsp3) is 0.333. The Bertz CT molecular complexity index is 856. The van der Waals surface area contributed by atoms with E-state index in [2.05, 4.69) is 5.32 Å². The molecular formula is C21H22F3N3O2. The second kappa shape index (κ2) is 8.98. The van der Waals surface area contributed by atoms with Crippen molar-refractivity contribution >= 4 is 17.6 Å². The summed E-state index contributed by atoms with van der Waals surface area (Å²) in [6, 6.07) is 15.7. The third-order valence-corrected chi connectivity index (χ3v) is 4.78. The van der Waals surface area contributed by atoms with Crippen LogP contribution in [0.15, 0.2) is 54.6 Å². The van der Waals surface area contributed by atoms with E-state index < -0.39 is 30.7 Å². The van der Waals surface area contributed by atoms with Gasteiger partial charge in [-0.25, -0.2) is 4.79 Å². The minimum Gasteiger partial charge on any atom is -0.345 e. The molecule has 1 aliphatic rings. The number of halogens is 3. The second-order valence-electron chi connectivity index (χ2n) is 6.93. The normalized spacial score (nSPS) is 16.5. The van der Waals surface area contributed by atoms with Gasteiger partial charge in [-0.05, 0) is 36.5 Å². The van der Waals surface area contributed by atoms with E-state index >= 15 is 0 Å². The molecule has 5 nitrogen and oxygen atoms in total. The molecule has 1 unspecified atom stereocenters. The largest absolute Gasteiger partial charge is 0.405 e. The van der Waals surface area contributed by atoms with Gasteiger partial charge in [-0.3, -0.25) is 4.79 Å². The molecule has 2 N–H and O–H groups in total. The van der Waals surface area contributed by atoms with Crippen molar-refractivity contribution in [2.45, 2.75) is 31.5 Å². The minimum atomic E-state index is -4.49. The molecule has 1 fully saturated rings. The molecule has 1 saturated heterocycles. The van der Waals surface area contributed by atoms with Crippen LogP contribution in [0.4, 0.5) is 23.7 Å². The number of likely N-dealkylation sites (tertiary alicyclic amines) is 1. The Morgan fingerprint density at radius 3 is 2.45 bits per heavy atom. The van der Waals surface area contributed by atoms with Crippen LogP contribution in [0.3, 0.4) is 0 Å². The molecule has 0 saturated carbocycles. The molecule has 2 aromatic carbocycles. The van der Waals surface area contributed by atoms with Crippen LogP contribution in [0, 0.1) is 0 Å². The van der Waals surface area contributed by atoms with Crippen LogP contribution in [0.25, 0.3) is 0 Å². The predicted molar refractivity (Wildman–Crippen MR) is 104 cm³/mol. The molecule has 0 bridgehead atoms. The van der Waals surface area contributed by atoms with Gasteiger partial charge in [0.05, 0.1) is 0 Å². The number of carbonyl (C=O) groups excluding carboxylic acids is 2. The molecule has 3 amide bonds. The summed E-state index contributed by atoms with van der Waals surface area (Å²) in [6.07, 6.45) is -2.98. The van der Waals surface area contributed by atoms with Gasteiger partial charge < -0.3 is 15.5 Å². The van der Waals surface area contributed by atoms with E-state index in [1.54, 1.807) is 12.1 Å². The number of alkyl halides is 3. The number of nitrogens with zero attached hydrogens (tertiary/aromatic N) is 1. The average molecular weight is 405 g/mol. The Kier molecular flexibility index (Phi) is 6.41. The van der Waals surface area contributed by atoms with Crippen LogP contribution in [-0.2, 0) is 11.2 Å². The van der Waals surface area contributed by atoms with Gasteiger partial charge in [0.25, 0.3) is 0 Å². The highest BCUT2D eigenvalue weighted by molar-refractivity contribution is 5.94. The van der Waals surface area contributed by atoms with Crippen LogP contribution in [0.2, 0.25) is 0 Å². The van der Waals surface area contributed by atoms with E-state index in [9.17, 15) is 22.8 Å². The molecule has 0 aromatic heterocycles. The maximum Gasteiger partial charge on any atom is 0.405 e. The lowest BCUT2D eigenvalue weighted by atomic mass is 10.0. The van der Waals surface area contributed by atoms with Crippen molar-refractivity contribution in [3.05, 3.63) is 65.7 Å². The van der Waals surface area contributed by atoms with E-state index in [-0.39, 0.29) is 0 Å². The maximum absolute atomic E-state index is 12.7. The van der Waals surface area contributed by atoms with Gasteiger partial charge in [0.1, 0.15) is 12.6 Å². The van der Waals surface area contributed by atoms with Crippen molar-refractivity contribution in [1.29, 1.82) is 0 Å². The fourth-order valence-electron chi connectivity index (χ4n) is 3.39. The van der Waals surface area contributed by atoms with Gasteiger partial charge in [0.2, 0.25) is 5.91 Å². The molecular weight excluding hydrogens is 383 g/mol. The molecule has 1 atom stereocenters. The molecule has 1 aliphatic heterocycles. The summed E-state index contributed by atoms with van der Waals surface area (Å²) in [5.41, 5.74) is 2.60. The molecule has 154 valence electrons. The molecule has 3 rings (SSSR count). The third kappa shape index (κ3) is 5.73. The smallest absolute Gasteiger partial charge is 0.345 e. The van der Waals surface area contributed by atoms with Gasteiger partial charge in [0.15, 0.2) is 0 Å². The molecule has 1 heterocycles. The third-order valence-electron chi connectivity index (χ3n) is 4.78. The Hall–Kier alpha value is -3.03. The van der Waals surface area contributed by atoms with Crippen molar-refractivity contribution in [3.8, 4) is 0 Å². The summed E-state index contributed by atoms with van der Waals surface area (Å²) in [4.78, 5) is 26.2. The first-order chi connectivity index (χ1) is 13.8. The van der Waals surface area contributed by atoms with Gasteiger partial charge in [-0.15, -0.1) is 0 Å². The fourth-order valence-corrected chi connectivity index (χ4v) is 3.39. The Morgan fingerprint density at radius 2 is 1.72 bits per heavy atom. The summed E-state index contributed by atoms with van der Waals surface area (Å²) < 4.78 is 37.1. The van der Waals surface area contributed by atoms with Gasteiger partial charge in [-0.1, -0.05) is 48.5 Å². The number of rotatable bonds is 5. The van der Waals surface area contributed by atoms with Crippen LogP contribution in [0.1, 0.15) is 24.0 Å². The van der Waals surface area contributed by atoms with Gasteiger partial charge in [-0.2, -0.15) is 13.2 Å². The molecule has 29 heavy (non-hydrogen) atoms. The number of benzene rings is 2. The summed E-state index contributed by atoms with van der Waals surface area (Å²) in [5.74, 6) is -0.785. The number of para-hydroxylation sites is 1. The van der Waals surface area contributed by atoms with Crippen molar-refractivity contribution in [3.63, 3.8) is 0 Å². The zero-order chi connectivity index (χ0) is 20.9. The number of nitrogens with one attached hydrogen (secondary N) is 2. The highest BCUT2D eigenvalue weighted by Gasteiger charge is 2.36. The average Bonchev–Trinajstić information content (AvgIpc) is 3.18. The second-order valence-corrected chi connectivity index (χ2v) is 6.93. The van der Waals surface area contributed by atoms with Gasteiger partial charge in [0, 0.05) is 12.2 Å². The van der Waals surface area contributed by atoms with Crippen LogP contribution < -0.4 is 10.6 Å². The van der Waals surface area contributed by atoms with Crippen LogP contribution >= 0.6 is 0 Å². The topological polar surface area (TPSA) is 61.4 Å². The predicted octanol–water partition coefficient (Wildman–Crippen LogP) is 3.95. The SMILES string of the molecule is O=C(NCC(F)(F)F)C1CCCN1C(=O)Nc1ccccc1Cc1ccccc1. The number of carbonyl (C=O) groups is 2.